The number of aliphatic hydroxyl groups excluding tert-OH is 1. The molecule has 4 nitrogen and oxygen atoms in total. The van der Waals surface area contributed by atoms with Gasteiger partial charge in [0.2, 0.25) is 0 Å². The van der Waals surface area contributed by atoms with Crippen molar-refractivity contribution in [1.29, 1.82) is 0 Å². The molecule has 0 rings (SSSR count). The third-order valence-electron chi connectivity index (χ3n) is 0.243. The third-order valence-corrected chi connectivity index (χ3v) is 0.243. The summed E-state index contributed by atoms with van der Waals surface area (Å²) >= 11 is 0. The molecule has 0 bridgehead atoms. The number of hydrogen-bond donors (Lipinski definition) is 2. The maximum atomic E-state index is 7.94. The summed E-state index contributed by atoms with van der Waals surface area (Å²) in [6, 6.07) is 0. The maximum Gasteiger partial charge on any atom is 0.107 e. The van der Waals surface area contributed by atoms with E-state index in [0.29, 0.717) is 0 Å². The van der Waals surface area contributed by atoms with Gasteiger partial charge in [-0.2, -0.15) is 5.90 Å². The van der Waals surface area contributed by atoms with Crippen LogP contribution in [0.2, 0.25) is 0 Å². The number of nitrogens with two attached hydrogens (primary N) is 1. The Bertz CT molecular complexity index is 20.8. The van der Waals surface area contributed by atoms with Crippen molar-refractivity contribution in [2.75, 3.05) is 13.2 Å². The van der Waals surface area contributed by atoms with Gasteiger partial charge < -0.3 is 5.11 Å². The lowest BCUT2D eigenvalue weighted by atomic mass is 10.8. The molecule has 0 heterocycles. The summed E-state index contributed by atoms with van der Waals surface area (Å²) in [5.41, 5.74) is 0. The van der Waals surface area contributed by atoms with Gasteiger partial charge in [-0.05, 0) is 0 Å². The van der Waals surface area contributed by atoms with E-state index in [0.717, 1.165) is 0 Å². The van der Waals surface area contributed by atoms with Crippen molar-refractivity contribution in [1.82, 2.24) is 0 Å². The highest BCUT2D eigenvalue weighted by Gasteiger charge is 1.75. The lowest BCUT2D eigenvalue weighted by Gasteiger charge is -1.89. The molecule has 0 amide bonds. The van der Waals surface area contributed by atoms with Gasteiger partial charge in [0.25, 0.3) is 0 Å². The Morgan fingerprint density at radius 3 is 2.50 bits per heavy atom. The Morgan fingerprint density at radius 2 is 2.33 bits per heavy atom. The van der Waals surface area contributed by atoms with Crippen LogP contribution in [0.25, 0.3) is 0 Å². The number of aliphatic hydroxyl groups is 1. The first kappa shape index (κ1) is 5.84. The predicted octanol–water partition coefficient (Wildman–Crippen LogP) is -1.20. The van der Waals surface area contributed by atoms with Crippen LogP contribution in [-0.2, 0) is 9.88 Å². The van der Waals surface area contributed by atoms with Crippen LogP contribution in [0.4, 0.5) is 0 Å². The van der Waals surface area contributed by atoms with Crippen molar-refractivity contribution >= 4 is 0 Å². The number of rotatable bonds is 3. The van der Waals surface area contributed by atoms with E-state index >= 15 is 0 Å². The van der Waals surface area contributed by atoms with Gasteiger partial charge >= 0.3 is 0 Å². The minimum atomic E-state index is -0.0722. The molecule has 0 aliphatic carbocycles. The molecule has 0 saturated heterocycles. The molecule has 0 fully saturated rings. The summed E-state index contributed by atoms with van der Waals surface area (Å²) in [6.45, 7) is 0.0493. The average molecular weight is 93.1 g/mol. The first-order valence-electron chi connectivity index (χ1n) is 1.51. The zero-order valence-corrected chi connectivity index (χ0v) is 3.26. The van der Waals surface area contributed by atoms with Gasteiger partial charge in [-0.25, -0.2) is 4.89 Å². The molecule has 0 aromatic rings. The van der Waals surface area contributed by atoms with Gasteiger partial charge in [-0.1, -0.05) is 0 Å². The van der Waals surface area contributed by atoms with E-state index in [1.165, 1.54) is 0 Å². The van der Waals surface area contributed by atoms with Crippen LogP contribution in [0.15, 0.2) is 0 Å². The topological polar surface area (TPSA) is 64.7 Å². The monoisotopic (exact) mass is 93.0 g/mol. The minimum absolute atomic E-state index is 0.0722. The molecule has 0 aromatic carbocycles. The van der Waals surface area contributed by atoms with E-state index in [2.05, 4.69) is 15.8 Å². The van der Waals surface area contributed by atoms with E-state index in [-0.39, 0.29) is 13.2 Å². The summed E-state index contributed by atoms with van der Waals surface area (Å²) in [7, 11) is 0. The highest BCUT2D eigenvalue weighted by molar-refractivity contribution is 4.10. The molecule has 38 valence electrons. The van der Waals surface area contributed by atoms with Crippen molar-refractivity contribution in [3.8, 4) is 0 Å². The molecule has 0 unspecified atom stereocenters. The van der Waals surface area contributed by atoms with E-state index in [4.69, 9.17) is 5.11 Å². The lowest BCUT2D eigenvalue weighted by Crippen LogP contribution is -2.04. The van der Waals surface area contributed by atoms with Crippen LogP contribution >= 0.6 is 0 Å². The van der Waals surface area contributed by atoms with E-state index < -0.39 is 0 Å². The Hall–Kier alpha value is -0.160. The molecule has 0 spiro atoms. The highest BCUT2D eigenvalue weighted by atomic mass is 17.3. The second-order valence-electron chi connectivity index (χ2n) is 0.642. The SMILES string of the molecule is NOOCCO. The molecular weight excluding hydrogens is 86.0 g/mol. The van der Waals surface area contributed by atoms with Crippen molar-refractivity contribution in [2.24, 2.45) is 5.90 Å². The predicted molar refractivity (Wildman–Crippen MR) is 18.3 cm³/mol. The number of hydrogen-bond acceptors (Lipinski definition) is 4. The summed E-state index contributed by atoms with van der Waals surface area (Å²) in [5.74, 6) is 4.38. The Morgan fingerprint density at radius 1 is 1.67 bits per heavy atom. The molecule has 3 N–H and O–H groups in total. The molecule has 0 aliphatic rings. The van der Waals surface area contributed by atoms with Crippen LogP contribution in [0.1, 0.15) is 0 Å². The second kappa shape index (κ2) is 4.84. The normalized spacial score (nSPS) is 9.00. The van der Waals surface area contributed by atoms with Gasteiger partial charge in [-0.3, -0.25) is 0 Å². The van der Waals surface area contributed by atoms with Gasteiger partial charge in [-0.15, -0.1) is 4.99 Å². The van der Waals surface area contributed by atoms with Gasteiger partial charge in [0.05, 0.1) is 6.61 Å². The summed E-state index contributed by atoms with van der Waals surface area (Å²) in [6.07, 6.45) is 0. The average Bonchev–Trinajstić information content (AvgIpc) is 1.61. The van der Waals surface area contributed by atoms with Gasteiger partial charge in [0.1, 0.15) is 6.61 Å². The van der Waals surface area contributed by atoms with Crippen LogP contribution < -0.4 is 5.90 Å². The maximum absolute atomic E-state index is 7.94. The largest absolute Gasteiger partial charge is 0.394 e. The molecule has 6 heavy (non-hydrogen) atoms. The van der Waals surface area contributed by atoms with Gasteiger partial charge in [0.15, 0.2) is 0 Å². The van der Waals surface area contributed by atoms with E-state index in [1.54, 1.807) is 0 Å². The third kappa shape index (κ3) is 3.84. The molecule has 0 aromatic heterocycles. The Labute approximate surface area is 35.3 Å². The van der Waals surface area contributed by atoms with Crippen LogP contribution in [0, 0.1) is 0 Å². The zero-order valence-electron chi connectivity index (χ0n) is 3.26. The minimum Gasteiger partial charge on any atom is -0.394 e. The molecule has 0 saturated carbocycles. The van der Waals surface area contributed by atoms with Crippen molar-refractivity contribution in [3.63, 3.8) is 0 Å². The van der Waals surface area contributed by atoms with Gasteiger partial charge in [0, 0.05) is 0 Å². The van der Waals surface area contributed by atoms with E-state index in [9.17, 15) is 0 Å². The Kier molecular flexibility index (Phi) is 4.71. The fourth-order valence-electron chi connectivity index (χ4n) is 0.0854. The quantitative estimate of drug-likeness (QED) is 0.261. The fraction of sp³-hybridized carbons (Fsp3) is 1.00. The van der Waals surface area contributed by atoms with Crippen LogP contribution in [0.5, 0.6) is 0 Å². The fourth-order valence-corrected chi connectivity index (χ4v) is 0.0854. The summed E-state index contributed by atoms with van der Waals surface area (Å²) < 4.78 is 0. The summed E-state index contributed by atoms with van der Waals surface area (Å²) in [5, 5.41) is 7.94. The first-order chi connectivity index (χ1) is 2.91. The zero-order chi connectivity index (χ0) is 4.83. The smallest absolute Gasteiger partial charge is 0.107 e. The molecular formula is C2H7NO3. The van der Waals surface area contributed by atoms with Crippen LogP contribution in [0.3, 0.4) is 0 Å². The first-order valence-corrected chi connectivity index (χ1v) is 1.51. The second-order valence-corrected chi connectivity index (χ2v) is 0.642. The Balaban J connectivity index is 2.34. The highest BCUT2D eigenvalue weighted by Crippen LogP contribution is 1.63. The van der Waals surface area contributed by atoms with Crippen molar-refractivity contribution < 1.29 is 15.0 Å². The molecule has 4 heteroatoms. The molecule has 0 aliphatic heterocycles. The summed E-state index contributed by atoms with van der Waals surface area (Å²) in [4.78, 5) is 7.63. The van der Waals surface area contributed by atoms with Crippen molar-refractivity contribution in [2.45, 2.75) is 0 Å². The van der Waals surface area contributed by atoms with E-state index in [1.807, 2.05) is 0 Å². The standard InChI is InChI=1S/C2H7NO3/c3-6-5-2-1-4/h4H,1-3H2. The van der Waals surface area contributed by atoms with Crippen molar-refractivity contribution in [3.05, 3.63) is 0 Å². The molecule has 0 radical (unpaired) electrons. The lowest BCUT2D eigenvalue weighted by molar-refractivity contribution is -0.302. The molecule has 0 atom stereocenters. The van der Waals surface area contributed by atoms with Crippen LogP contribution in [-0.4, -0.2) is 18.3 Å².